The van der Waals surface area contributed by atoms with Crippen molar-refractivity contribution < 1.29 is 14.3 Å². The quantitative estimate of drug-likeness (QED) is 0.826. The largest absolute Gasteiger partial charge is 0.464 e. The van der Waals surface area contributed by atoms with Gasteiger partial charge < -0.3 is 15.0 Å². The molecule has 2 rings (SSSR count). The fraction of sp³-hybridized carbons (Fsp3) is 0.571. The lowest BCUT2D eigenvalue weighted by Crippen LogP contribution is -2.46. The molecule has 0 bridgehead atoms. The van der Waals surface area contributed by atoms with E-state index >= 15 is 0 Å². The van der Waals surface area contributed by atoms with Gasteiger partial charge in [-0.2, -0.15) is 0 Å². The van der Waals surface area contributed by atoms with Gasteiger partial charge in [0.1, 0.15) is 5.69 Å². The van der Waals surface area contributed by atoms with Gasteiger partial charge in [-0.15, -0.1) is 0 Å². The van der Waals surface area contributed by atoms with E-state index < -0.39 is 0 Å². The van der Waals surface area contributed by atoms with Gasteiger partial charge in [0.25, 0.3) is 0 Å². The molecular weight excluding hydrogens is 258 g/mol. The minimum absolute atomic E-state index is 0.235. The van der Waals surface area contributed by atoms with Crippen molar-refractivity contribution in [3.05, 3.63) is 24.0 Å². The van der Waals surface area contributed by atoms with Crippen molar-refractivity contribution in [3.63, 3.8) is 0 Å². The van der Waals surface area contributed by atoms with Crippen molar-refractivity contribution in [2.45, 2.75) is 31.8 Å². The molecule has 1 saturated heterocycles. The molecular formula is C14H21N3O3. The van der Waals surface area contributed by atoms with Crippen LogP contribution in [0, 0.1) is 0 Å². The Hall–Kier alpha value is -1.82. The van der Waals surface area contributed by atoms with E-state index in [1.54, 1.807) is 6.07 Å². The van der Waals surface area contributed by atoms with Crippen molar-refractivity contribution in [1.29, 1.82) is 0 Å². The summed E-state index contributed by atoms with van der Waals surface area (Å²) >= 11 is 0. The number of carbonyl (C=O) groups excluding carboxylic acids is 2. The molecule has 2 N–H and O–H groups in total. The highest BCUT2D eigenvalue weighted by Gasteiger charge is 2.27. The zero-order valence-corrected chi connectivity index (χ0v) is 11.9. The van der Waals surface area contributed by atoms with E-state index in [1.807, 2.05) is 23.8 Å². The molecule has 20 heavy (non-hydrogen) atoms. The molecule has 1 aliphatic heterocycles. The number of amides is 1. The van der Waals surface area contributed by atoms with Crippen molar-refractivity contribution in [1.82, 2.24) is 9.47 Å². The summed E-state index contributed by atoms with van der Waals surface area (Å²) < 4.78 is 6.76. The Labute approximate surface area is 118 Å². The van der Waals surface area contributed by atoms with E-state index in [4.69, 9.17) is 10.5 Å². The molecule has 1 amide bonds. The predicted molar refractivity (Wildman–Crippen MR) is 74.3 cm³/mol. The number of piperidine rings is 1. The summed E-state index contributed by atoms with van der Waals surface area (Å²) in [5.41, 5.74) is 5.91. The number of methoxy groups -OCH3 is 1. The van der Waals surface area contributed by atoms with Gasteiger partial charge in [-0.1, -0.05) is 0 Å². The Balaban J connectivity index is 2.03. The highest BCUT2D eigenvalue weighted by atomic mass is 16.5. The smallest absolute Gasteiger partial charge is 0.354 e. The van der Waals surface area contributed by atoms with Crippen LogP contribution in [0.3, 0.4) is 0 Å². The molecule has 0 unspecified atom stereocenters. The van der Waals surface area contributed by atoms with Gasteiger partial charge in [-0.3, -0.25) is 9.69 Å². The van der Waals surface area contributed by atoms with Crippen LogP contribution in [0.4, 0.5) is 0 Å². The molecule has 0 saturated carbocycles. The second kappa shape index (κ2) is 6.09. The maximum Gasteiger partial charge on any atom is 0.354 e. The summed E-state index contributed by atoms with van der Waals surface area (Å²) in [6.45, 7) is 3.43. The Morgan fingerprint density at radius 1 is 1.40 bits per heavy atom. The first-order chi connectivity index (χ1) is 9.54. The summed E-state index contributed by atoms with van der Waals surface area (Å²) in [5.74, 6) is -0.609. The zero-order valence-electron chi connectivity index (χ0n) is 11.9. The van der Waals surface area contributed by atoms with Gasteiger partial charge in [0.05, 0.1) is 13.2 Å². The summed E-state index contributed by atoms with van der Waals surface area (Å²) in [7, 11) is 1.39. The van der Waals surface area contributed by atoms with Crippen molar-refractivity contribution in [2.24, 2.45) is 5.73 Å². The van der Waals surface area contributed by atoms with Crippen LogP contribution in [0.2, 0.25) is 0 Å². The first kappa shape index (κ1) is 14.6. The molecule has 1 aliphatic rings. The van der Waals surface area contributed by atoms with E-state index in [0.717, 1.165) is 25.9 Å². The molecule has 1 aromatic heterocycles. The number of aromatic nitrogens is 1. The van der Waals surface area contributed by atoms with Crippen LogP contribution in [0.5, 0.6) is 0 Å². The summed E-state index contributed by atoms with van der Waals surface area (Å²) in [5, 5.41) is 0. The van der Waals surface area contributed by atoms with Gasteiger partial charge >= 0.3 is 5.97 Å². The molecule has 6 heteroatoms. The van der Waals surface area contributed by atoms with Crippen LogP contribution in [0.1, 0.15) is 36.3 Å². The third-order valence-corrected chi connectivity index (χ3v) is 4.03. The van der Waals surface area contributed by atoms with Crippen LogP contribution in [0.15, 0.2) is 18.3 Å². The molecule has 6 nitrogen and oxygen atoms in total. The maximum absolute atomic E-state index is 11.7. The SMILES string of the molecule is COC(=O)c1cccn1C1CCN([C@H](C)C(N)=O)CC1. The third kappa shape index (κ3) is 2.85. The molecule has 0 radical (unpaired) electrons. The fourth-order valence-corrected chi connectivity index (χ4v) is 2.72. The second-order valence-electron chi connectivity index (χ2n) is 5.14. The molecule has 110 valence electrons. The molecule has 2 heterocycles. The first-order valence-corrected chi connectivity index (χ1v) is 6.83. The number of ether oxygens (including phenoxy) is 1. The zero-order chi connectivity index (χ0) is 14.7. The number of nitrogens with zero attached hydrogens (tertiary/aromatic N) is 2. The van der Waals surface area contributed by atoms with Crippen LogP contribution < -0.4 is 5.73 Å². The monoisotopic (exact) mass is 279 g/mol. The molecule has 1 fully saturated rings. The predicted octanol–water partition coefficient (Wildman–Crippen LogP) is 0.785. The van der Waals surface area contributed by atoms with Gasteiger partial charge in [0.15, 0.2) is 0 Å². The topological polar surface area (TPSA) is 77.6 Å². The minimum atomic E-state index is -0.317. The number of carbonyl (C=O) groups is 2. The van der Waals surface area contributed by atoms with Crippen molar-refractivity contribution in [2.75, 3.05) is 20.2 Å². The standard InChI is InChI=1S/C14H21N3O3/c1-10(13(15)18)16-8-5-11(6-9-16)17-7-3-4-12(17)14(19)20-2/h3-4,7,10-11H,5-6,8-9H2,1-2H3,(H2,15,18)/t10-/m1/s1. The maximum atomic E-state index is 11.7. The molecule has 1 atom stereocenters. The number of likely N-dealkylation sites (tertiary alicyclic amines) is 1. The second-order valence-corrected chi connectivity index (χ2v) is 5.14. The van der Waals surface area contributed by atoms with E-state index in [1.165, 1.54) is 7.11 Å². The molecule has 0 aromatic carbocycles. The average Bonchev–Trinajstić information content (AvgIpc) is 2.95. The Kier molecular flexibility index (Phi) is 4.44. The first-order valence-electron chi connectivity index (χ1n) is 6.83. The third-order valence-electron chi connectivity index (χ3n) is 4.03. The van der Waals surface area contributed by atoms with Gasteiger partial charge in [-0.05, 0) is 31.9 Å². The number of hydrogen-bond donors (Lipinski definition) is 1. The van der Waals surface area contributed by atoms with E-state index in [2.05, 4.69) is 4.90 Å². The van der Waals surface area contributed by atoms with Crippen molar-refractivity contribution in [3.8, 4) is 0 Å². The number of primary amides is 1. The van der Waals surface area contributed by atoms with Crippen LogP contribution >= 0.6 is 0 Å². The van der Waals surface area contributed by atoms with Gasteiger partial charge in [-0.25, -0.2) is 4.79 Å². The minimum Gasteiger partial charge on any atom is -0.464 e. The normalized spacial score (nSPS) is 18.7. The lowest BCUT2D eigenvalue weighted by molar-refractivity contribution is -0.123. The molecule has 1 aromatic rings. The number of rotatable bonds is 4. The number of hydrogen-bond acceptors (Lipinski definition) is 4. The van der Waals surface area contributed by atoms with E-state index in [0.29, 0.717) is 5.69 Å². The Morgan fingerprint density at radius 3 is 2.60 bits per heavy atom. The van der Waals surface area contributed by atoms with Crippen LogP contribution in [-0.2, 0) is 9.53 Å². The highest BCUT2D eigenvalue weighted by molar-refractivity contribution is 5.87. The number of esters is 1. The number of nitrogens with two attached hydrogens (primary N) is 1. The molecule has 0 spiro atoms. The van der Waals surface area contributed by atoms with Crippen molar-refractivity contribution >= 4 is 11.9 Å². The highest BCUT2D eigenvalue weighted by Crippen LogP contribution is 2.25. The molecule has 0 aliphatic carbocycles. The summed E-state index contributed by atoms with van der Waals surface area (Å²) in [6.07, 6.45) is 3.68. The summed E-state index contributed by atoms with van der Waals surface area (Å²) in [6, 6.07) is 3.64. The van der Waals surface area contributed by atoms with Gasteiger partial charge in [0, 0.05) is 25.3 Å². The van der Waals surface area contributed by atoms with Crippen LogP contribution in [0.25, 0.3) is 0 Å². The lowest BCUT2D eigenvalue weighted by atomic mass is 10.0. The van der Waals surface area contributed by atoms with Crippen LogP contribution in [-0.4, -0.2) is 47.6 Å². The fourth-order valence-electron chi connectivity index (χ4n) is 2.72. The van der Waals surface area contributed by atoms with Gasteiger partial charge in [0.2, 0.25) is 5.91 Å². The summed E-state index contributed by atoms with van der Waals surface area (Å²) in [4.78, 5) is 25.0. The van der Waals surface area contributed by atoms with E-state index in [9.17, 15) is 9.59 Å². The average molecular weight is 279 g/mol. The Bertz CT molecular complexity index is 490. The van der Waals surface area contributed by atoms with E-state index in [-0.39, 0.29) is 24.0 Å². The Morgan fingerprint density at radius 2 is 2.05 bits per heavy atom. The lowest BCUT2D eigenvalue weighted by Gasteiger charge is -2.35.